The second kappa shape index (κ2) is 4.28. The Morgan fingerprint density at radius 2 is 1.94 bits per heavy atom. The van der Waals surface area contributed by atoms with Crippen molar-refractivity contribution in [3.63, 3.8) is 0 Å². The maximum atomic E-state index is 12.6. The Bertz CT molecular complexity index is 498. The van der Waals surface area contributed by atoms with Crippen molar-refractivity contribution in [2.45, 2.75) is 19.5 Å². The highest BCUT2D eigenvalue weighted by atomic mass is 19.4. The molecule has 1 heterocycles. The van der Waals surface area contributed by atoms with E-state index in [0.717, 1.165) is 17.2 Å². The van der Waals surface area contributed by atoms with E-state index >= 15 is 0 Å². The Balaban J connectivity index is 2.55. The molecule has 0 spiro atoms. The third kappa shape index (κ3) is 2.35. The van der Waals surface area contributed by atoms with Crippen LogP contribution in [-0.2, 0) is 12.6 Å². The van der Waals surface area contributed by atoms with Crippen LogP contribution in [0.1, 0.15) is 18.1 Å². The summed E-state index contributed by atoms with van der Waals surface area (Å²) < 4.78 is 37.9. The molecule has 1 N–H and O–H groups in total. The van der Waals surface area contributed by atoms with Gasteiger partial charge in [-0.15, -0.1) is 0 Å². The first-order chi connectivity index (χ1) is 8.02. The summed E-state index contributed by atoms with van der Waals surface area (Å²) in [6.07, 6.45) is -0.181. The van der Waals surface area contributed by atoms with Crippen LogP contribution >= 0.6 is 0 Å². The summed E-state index contributed by atoms with van der Waals surface area (Å²) in [6, 6.07) is 5.66. The lowest BCUT2D eigenvalue weighted by molar-refractivity contribution is -0.137. The first-order valence-corrected chi connectivity index (χ1v) is 5.35. The van der Waals surface area contributed by atoms with Crippen molar-refractivity contribution in [1.29, 1.82) is 0 Å². The summed E-state index contributed by atoms with van der Waals surface area (Å²) in [5.74, 6) is 0. The highest BCUT2D eigenvalue weighted by molar-refractivity contribution is 5.67. The van der Waals surface area contributed by atoms with Gasteiger partial charge < -0.3 is 4.98 Å². The molecule has 17 heavy (non-hydrogen) atoms. The molecular formula is C13H12F3N. The van der Waals surface area contributed by atoms with Gasteiger partial charge in [-0.05, 0) is 41.3 Å². The van der Waals surface area contributed by atoms with Crippen LogP contribution in [0.15, 0.2) is 36.7 Å². The largest absolute Gasteiger partial charge is 0.416 e. The quantitative estimate of drug-likeness (QED) is 0.805. The number of hydrogen-bond acceptors (Lipinski definition) is 0. The molecule has 0 fully saturated rings. The molecule has 0 aliphatic rings. The lowest BCUT2D eigenvalue weighted by Gasteiger charge is -2.11. The highest BCUT2D eigenvalue weighted by Crippen LogP contribution is 2.34. The Morgan fingerprint density at radius 1 is 1.18 bits per heavy atom. The van der Waals surface area contributed by atoms with Gasteiger partial charge in [0.25, 0.3) is 0 Å². The lowest BCUT2D eigenvalue weighted by atomic mass is 9.97. The maximum absolute atomic E-state index is 12.6. The number of halogens is 3. The minimum absolute atomic E-state index is 0.606. The summed E-state index contributed by atoms with van der Waals surface area (Å²) in [7, 11) is 0. The van der Waals surface area contributed by atoms with Gasteiger partial charge in [-0.3, -0.25) is 0 Å². The van der Waals surface area contributed by atoms with Crippen molar-refractivity contribution >= 4 is 0 Å². The molecular weight excluding hydrogens is 227 g/mol. The number of aromatic nitrogens is 1. The first kappa shape index (κ1) is 11.8. The maximum Gasteiger partial charge on any atom is 0.416 e. The van der Waals surface area contributed by atoms with Crippen LogP contribution < -0.4 is 0 Å². The van der Waals surface area contributed by atoms with Gasteiger partial charge in [0.15, 0.2) is 0 Å². The predicted octanol–water partition coefficient (Wildman–Crippen LogP) is 4.26. The average molecular weight is 239 g/mol. The van der Waals surface area contributed by atoms with Gasteiger partial charge in [0.2, 0.25) is 0 Å². The SMILES string of the molecule is CCc1ccc(C(F)(F)F)cc1-c1cc[nH]c1. The summed E-state index contributed by atoms with van der Waals surface area (Å²) in [5, 5.41) is 0. The molecule has 2 aromatic rings. The van der Waals surface area contributed by atoms with Gasteiger partial charge in [0, 0.05) is 12.4 Å². The highest BCUT2D eigenvalue weighted by Gasteiger charge is 2.30. The molecule has 0 aliphatic carbocycles. The lowest BCUT2D eigenvalue weighted by Crippen LogP contribution is -2.05. The Kier molecular flexibility index (Phi) is 2.96. The molecule has 1 aromatic carbocycles. The van der Waals surface area contributed by atoms with Crippen molar-refractivity contribution in [2.24, 2.45) is 0 Å². The summed E-state index contributed by atoms with van der Waals surface area (Å²) in [4.78, 5) is 2.86. The number of aryl methyl sites for hydroxylation is 1. The van der Waals surface area contributed by atoms with Crippen LogP contribution in [-0.4, -0.2) is 4.98 Å². The molecule has 90 valence electrons. The van der Waals surface area contributed by atoms with Gasteiger partial charge in [-0.2, -0.15) is 13.2 Å². The standard InChI is InChI=1S/C13H12F3N/c1-2-9-3-4-11(13(14,15)16)7-12(9)10-5-6-17-8-10/h3-8,17H,2H2,1H3. The van der Waals surface area contributed by atoms with E-state index in [1.54, 1.807) is 24.5 Å². The first-order valence-electron chi connectivity index (χ1n) is 5.35. The monoisotopic (exact) mass is 239 g/mol. The number of H-pyrrole nitrogens is 1. The smallest absolute Gasteiger partial charge is 0.367 e. The van der Waals surface area contributed by atoms with E-state index in [2.05, 4.69) is 4.98 Å². The molecule has 0 bridgehead atoms. The van der Waals surface area contributed by atoms with Crippen molar-refractivity contribution in [3.8, 4) is 11.1 Å². The minimum Gasteiger partial charge on any atom is -0.367 e. The van der Waals surface area contributed by atoms with Gasteiger partial charge >= 0.3 is 6.18 Å². The van der Waals surface area contributed by atoms with Crippen LogP contribution in [0.3, 0.4) is 0 Å². The van der Waals surface area contributed by atoms with Crippen molar-refractivity contribution in [1.82, 2.24) is 4.98 Å². The fraction of sp³-hybridized carbons (Fsp3) is 0.231. The third-order valence-electron chi connectivity index (χ3n) is 2.73. The number of alkyl halides is 3. The number of nitrogens with one attached hydrogen (secondary N) is 1. The minimum atomic E-state index is -4.29. The summed E-state index contributed by atoms with van der Waals surface area (Å²) in [6.45, 7) is 1.93. The van der Waals surface area contributed by atoms with E-state index in [-0.39, 0.29) is 0 Å². The van der Waals surface area contributed by atoms with E-state index in [1.807, 2.05) is 6.92 Å². The molecule has 0 radical (unpaired) electrons. The molecule has 0 amide bonds. The van der Waals surface area contributed by atoms with Crippen molar-refractivity contribution < 1.29 is 13.2 Å². The average Bonchev–Trinajstić information content (AvgIpc) is 2.80. The fourth-order valence-corrected chi connectivity index (χ4v) is 1.82. The fourth-order valence-electron chi connectivity index (χ4n) is 1.82. The summed E-state index contributed by atoms with van der Waals surface area (Å²) >= 11 is 0. The van der Waals surface area contributed by atoms with Crippen molar-refractivity contribution in [2.75, 3.05) is 0 Å². The zero-order chi connectivity index (χ0) is 12.5. The Morgan fingerprint density at radius 3 is 2.47 bits per heavy atom. The van der Waals surface area contributed by atoms with Crippen LogP contribution in [0.5, 0.6) is 0 Å². The van der Waals surface area contributed by atoms with Crippen LogP contribution in [0, 0.1) is 0 Å². The van der Waals surface area contributed by atoms with Gasteiger partial charge in [-0.25, -0.2) is 0 Å². The zero-order valence-corrected chi connectivity index (χ0v) is 9.31. The number of aromatic amines is 1. The molecule has 4 heteroatoms. The Labute approximate surface area is 97.3 Å². The van der Waals surface area contributed by atoms with Crippen LogP contribution in [0.4, 0.5) is 13.2 Å². The normalized spacial score (nSPS) is 11.8. The molecule has 0 aliphatic heterocycles. The summed E-state index contributed by atoms with van der Waals surface area (Å²) in [5.41, 5.74) is 1.74. The molecule has 2 rings (SSSR count). The molecule has 0 saturated heterocycles. The Hall–Kier alpha value is -1.71. The van der Waals surface area contributed by atoms with E-state index in [4.69, 9.17) is 0 Å². The van der Waals surface area contributed by atoms with Gasteiger partial charge in [0.05, 0.1) is 5.56 Å². The van der Waals surface area contributed by atoms with E-state index in [1.165, 1.54) is 6.07 Å². The molecule has 1 aromatic heterocycles. The van der Waals surface area contributed by atoms with Crippen molar-refractivity contribution in [3.05, 3.63) is 47.8 Å². The van der Waals surface area contributed by atoms with Crippen LogP contribution in [0.25, 0.3) is 11.1 Å². The number of benzene rings is 1. The van der Waals surface area contributed by atoms with Gasteiger partial charge in [-0.1, -0.05) is 13.0 Å². The topological polar surface area (TPSA) is 15.8 Å². The predicted molar refractivity (Wildman–Crippen MR) is 60.6 cm³/mol. The molecule has 0 saturated carbocycles. The van der Waals surface area contributed by atoms with E-state index in [0.29, 0.717) is 12.0 Å². The zero-order valence-electron chi connectivity index (χ0n) is 9.31. The second-order valence-corrected chi connectivity index (χ2v) is 3.82. The van der Waals surface area contributed by atoms with E-state index in [9.17, 15) is 13.2 Å². The third-order valence-corrected chi connectivity index (χ3v) is 2.73. The second-order valence-electron chi connectivity index (χ2n) is 3.82. The molecule has 1 nitrogen and oxygen atoms in total. The van der Waals surface area contributed by atoms with Gasteiger partial charge in [0.1, 0.15) is 0 Å². The number of hydrogen-bond donors (Lipinski definition) is 1. The molecule has 0 unspecified atom stereocenters. The van der Waals surface area contributed by atoms with Crippen LogP contribution in [0.2, 0.25) is 0 Å². The number of rotatable bonds is 2. The van der Waals surface area contributed by atoms with E-state index < -0.39 is 11.7 Å². The molecule has 0 atom stereocenters.